The summed E-state index contributed by atoms with van der Waals surface area (Å²) in [5.74, 6) is -0.450. The summed E-state index contributed by atoms with van der Waals surface area (Å²) in [6, 6.07) is -0.659. The maximum Gasteiger partial charge on any atom is 0.244 e. The minimum absolute atomic E-state index is 0.0266. The highest BCUT2D eigenvalue weighted by atomic mass is 32.2. The summed E-state index contributed by atoms with van der Waals surface area (Å²) in [5, 5.41) is 5.07. The van der Waals surface area contributed by atoms with Crippen LogP contribution < -0.4 is 10.6 Å². The molecule has 6 nitrogen and oxygen atoms in total. The predicted molar refractivity (Wildman–Crippen MR) is 67.6 cm³/mol. The Morgan fingerprint density at radius 2 is 2.17 bits per heavy atom. The minimum Gasteiger partial charge on any atom is -0.354 e. The molecule has 1 saturated heterocycles. The van der Waals surface area contributed by atoms with Gasteiger partial charge in [0.25, 0.3) is 0 Å². The SMILES string of the molecule is C=CC(=O)N[C@@H](C)C(=O)NC[C@H]1CCS(=O)(=O)C1. The van der Waals surface area contributed by atoms with Gasteiger partial charge in [0.2, 0.25) is 11.8 Å². The Labute approximate surface area is 107 Å². The predicted octanol–water partition coefficient (Wildman–Crippen LogP) is -0.772. The molecular weight excluding hydrogens is 256 g/mol. The zero-order valence-corrected chi connectivity index (χ0v) is 11.1. The second-order valence-electron chi connectivity index (χ2n) is 4.45. The van der Waals surface area contributed by atoms with Crippen LogP contribution in [0.1, 0.15) is 13.3 Å². The number of hydrogen-bond donors (Lipinski definition) is 2. The van der Waals surface area contributed by atoms with Gasteiger partial charge in [0.15, 0.2) is 9.84 Å². The lowest BCUT2D eigenvalue weighted by Crippen LogP contribution is -2.45. The zero-order valence-electron chi connectivity index (χ0n) is 10.3. The van der Waals surface area contributed by atoms with Crippen LogP contribution in [0.5, 0.6) is 0 Å². The highest BCUT2D eigenvalue weighted by molar-refractivity contribution is 7.91. The molecule has 1 fully saturated rings. The minimum atomic E-state index is -2.92. The van der Waals surface area contributed by atoms with Crippen LogP contribution in [0.2, 0.25) is 0 Å². The first kappa shape index (κ1) is 14.7. The smallest absolute Gasteiger partial charge is 0.244 e. The average Bonchev–Trinajstić information content (AvgIpc) is 2.65. The highest BCUT2D eigenvalue weighted by Gasteiger charge is 2.28. The molecule has 18 heavy (non-hydrogen) atoms. The van der Waals surface area contributed by atoms with E-state index in [1.165, 1.54) is 0 Å². The van der Waals surface area contributed by atoms with E-state index in [0.29, 0.717) is 13.0 Å². The van der Waals surface area contributed by atoms with Crippen molar-refractivity contribution in [2.24, 2.45) is 5.92 Å². The number of rotatable bonds is 5. The van der Waals surface area contributed by atoms with Crippen molar-refractivity contribution in [2.45, 2.75) is 19.4 Å². The fraction of sp³-hybridized carbons (Fsp3) is 0.636. The van der Waals surface area contributed by atoms with E-state index in [0.717, 1.165) is 6.08 Å². The third kappa shape index (κ3) is 4.48. The number of nitrogens with one attached hydrogen (secondary N) is 2. The monoisotopic (exact) mass is 274 g/mol. The first-order valence-electron chi connectivity index (χ1n) is 5.75. The van der Waals surface area contributed by atoms with E-state index in [2.05, 4.69) is 17.2 Å². The summed E-state index contributed by atoms with van der Waals surface area (Å²) < 4.78 is 22.4. The van der Waals surface area contributed by atoms with Crippen molar-refractivity contribution in [1.29, 1.82) is 0 Å². The Balaban J connectivity index is 2.33. The van der Waals surface area contributed by atoms with E-state index in [4.69, 9.17) is 0 Å². The van der Waals surface area contributed by atoms with Gasteiger partial charge >= 0.3 is 0 Å². The number of carbonyl (C=O) groups excluding carboxylic acids is 2. The fourth-order valence-corrected chi connectivity index (χ4v) is 3.63. The van der Waals surface area contributed by atoms with Crippen molar-refractivity contribution in [1.82, 2.24) is 10.6 Å². The van der Waals surface area contributed by atoms with Crippen LogP contribution >= 0.6 is 0 Å². The topological polar surface area (TPSA) is 92.3 Å². The molecule has 0 bridgehead atoms. The molecule has 2 N–H and O–H groups in total. The van der Waals surface area contributed by atoms with Gasteiger partial charge in [-0.2, -0.15) is 0 Å². The van der Waals surface area contributed by atoms with Crippen molar-refractivity contribution in [2.75, 3.05) is 18.1 Å². The van der Waals surface area contributed by atoms with Crippen molar-refractivity contribution in [3.63, 3.8) is 0 Å². The molecule has 0 saturated carbocycles. The van der Waals surface area contributed by atoms with Crippen LogP contribution in [-0.4, -0.2) is 44.3 Å². The molecule has 0 aromatic carbocycles. The second kappa shape index (κ2) is 5.99. The summed E-state index contributed by atoms with van der Waals surface area (Å²) in [5.41, 5.74) is 0. The zero-order chi connectivity index (χ0) is 13.8. The number of hydrogen-bond acceptors (Lipinski definition) is 4. The molecule has 7 heteroatoms. The van der Waals surface area contributed by atoms with E-state index in [9.17, 15) is 18.0 Å². The molecule has 0 spiro atoms. The molecule has 1 aliphatic heterocycles. The van der Waals surface area contributed by atoms with Gasteiger partial charge in [-0.15, -0.1) is 0 Å². The van der Waals surface area contributed by atoms with Crippen molar-refractivity contribution in [3.8, 4) is 0 Å². The molecular formula is C11H18N2O4S. The maximum atomic E-state index is 11.6. The van der Waals surface area contributed by atoms with Gasteiger partial charge < -0.3 is 10.6 Å². The van der Waals surface area contributed by atoms with Gasteiger partial charge in [0, 0.05) is 6.54 Å². The van der Waals surface area contributed by atoms with Gasteiger partial charge in [-0.1, -0.05) is 6.58 Å². The van der Waals surface area contributed by atoms with Crippen molar-refractivity contribution >= 4 is 21.7 Å². The van der Waals surface area contributed by atoms with Crippen molar-refractivity contribution in [3.05, 3.63) is 12.7 Å². The molecule has 1 rings (SSSR count). The summed E-state index contributed by atoms with van der Waals surface area (Å²) in [6.45, 7) is 5.17. The molecule has 2 amide bonds. The lowest BCUT2D eigenvalue weighted by atomic mass is 10.1. The van der Waals surface area contributed by atoms with Crippen LogP contribution in [0.15, 0.2) is 12.7 Å². The molecule has 1 heterocycles. The quantitative estimate of drug-likeness (QED) is 0.644. The van der Waals surface area contributed by atoms with Crippen LogP contribution in [0.3, 0.4) is 0 Å². The van der Waals surface area contributed by atoms with E-state index < -0.39 is 21.8 Å². The third-order valence-corrected chi connectivity index (χ3v) is 4.67. The second-order valence-corrected chi connectivity index (χ2v) is 6.68. The van der Waals surface area contributed by atoms with Gasteiger partial charge in [-0.3, -0.25) is 9.59 Å². The molecule has 0 radical (unpaired) electrons. The molecule has 102 valence electrons. The van der Waals surface area contributed by atoms with Crippen LogP contribution in [-0.2, 0) is 19.4 Å². The summed E-state index contributed by atoms with van der Waals surface area (Å²) in [4.78, 5) is 22.6. The first-order chi connectivity index (χ1) is 8.34. The van der Waals surface area contributed by atoms with Gasteiger partial charge in [-0.05, 0) is 25.3 Å². The first-order valence-corrected chi connectivity index (χ1v) is 7.57. The average molecular weight is 274 g/mol. The van der Waals surface area contributed by atoms with Gasteiger partial charge in [0.1, 0.15) is 6.04 Å². The van der Waals surface area contributed by atoms with E-state index >= 15 is 0 Å². The summed E-state index contributed by atoms with van der Waals surface area (Å²) in [6.07, 6.45) is 1.67. The fourth-order valence-electron chi connectivity index (χ4n) is 1.77. The third-order valence-electron chi connectivity index (χ3n) is 2.83. The molecule has 1 aliphatic rings. The van der Waals surface area contributed by atoms with Crippen LogP contribution in [0, 0.1) is 5.92 Å². The van der Waals surface area contributed by atoms with E-state index in [1.54, 1.807) is 6.92 Å². The molecule has 2 atom stereocenters. The largest absolute Gasteiger partial charge is 0.354 e. The maximum absolute atomic E-state index is 11.6. The van der Waals surface area contributed by atoms with E-state index in [1.807, 2.05) is 0 Å². The molecule has 0 unspecified atom stereocenters. The number of sulfone groups is 1. The molecule has 0 aliphatic carbocycles. The Kier molecular flexibility index (Phi) is 4.89. The Morgan fingerprint density at radius 3 is 2.67 bits per heavy atom. The van der Waals surface area contributed by atoms with Gasteiger partial charge in [0.05, 0.1) is 11.5 Å². The lowest BCUT2D eigenvalue weighted by molar-refractivity contribution is -0.126. The van der Waals surface area contributed by atoms with Crippen molar-refractivity contribution < 1.29 is 18.0 Å². The number of amides is 2. The van der Waals surface area contributed by atoms with E-state index in [-0.39, 0.29) is 23.3 Å². The summed E-state index contributed by atoms with van der Waals surface area (Å²) >= 11 is 0. The summed E-state index contributed by atoms with van der Waals surface area (Å²) in [7, 11) is -2.92. The molecule has 0 aromatic rings. The Hall–Kier alpha value is -1.37. The van der Waals surface area contributed by atoms with Crippen LogP contribution in [0.25, 0.3) is 0 Å². The standard InChI is InChI=1S/C11H18N2O4S/c1-3-10(14)13-8(2)11(15)12-6-9-4-5-18(16,17)7-9/h3,8-9H,1,4-7H2,2H3,(H,12,15)(H,13,14)/t8-,9+/m0/s1. The van der Waals surface area contributed by atoms with Crippen LogP contribution in [0.4, 0.5) is 0 Å². The van der Waals surface area contributed by atoms with Gasteiger partial charge in [-0.25, -0.2) is 8.42 Å². The Bertz CT molecular complexity index is 444. The molecule has 0 aromatic heterocycles. The Morgan fingerprint density at radius 1 is 1.50 bits per heavy atom. The normalized spacial score (nSPS) is 23.1. The number of carbonyl (C=O) groups is 2. The lowest BCUT2D eigenvalue weighted by Gasteiger charge is -2.14. The highest BCUT2D eigenvalue weighted by Crippen LogP contribution is 2.17.